The third kappa shape index (κ3) is 10.2. The van der Waals surface area contributed by atoms with E-state index < -0.39 is 0 Å². The second-order valence-electron chi connectivity index (χ2n) is 11.9. The van der Waals surface area contributed by atoms with Gasteiger partial charge in [-0.1, -0.05) is 73.2 Å². The van der Waals surface area contributed by atoms with Crippen LogP contribution in [0.2, 0.25) is 0 Å². The quantitative estimate of drug-likeness (QED) is 0.382. The molecule has 5 rings (SSSR count). The molecule has 3 aromatic carbocycles. The molecule has 228 valence electrons. The number of fused-ring (bicyclic) bond motifs is 1. The number of nitrogens with one attached hydrogen (secondary N) is 2. The van der Waals surface area contributed by atoms with Gasteiger partial charge in [0.15, 0.2) is 0 Å². The summed E-state index contributed by atoms with van der Waals surface area (Å²) in [6.45, 7) is 6.65. The fraction of sp³-hybridized carbons (Fsp3) is 0.444. The summed E-state index contributed by atoms with van der Waals surface area (Å²) in [6.07, 6.45) is 7.07. The molecular weight excluding hydrogens is 536 g/mol. The van der Waals surface area contributed by atoms with E-state index in [0.717, 1.165) is 53.8 Å². The standard InChI is InChI=1S/C36H46N4O3/c41-35(38-24-31-13-10-14-32(21-31)26-39-18-7-3-8-19-39)23-30-15-16-34-33(22-30)27-40(25-29-11-4-1-5-12-29)28-36(42)37-17-6-2-9-20-43-34/h1,4-5,10-16,21-22H,2-3,6-9,17-20,23-28H2,(H,37,42)(H,38,41). The third-order valence-electron chi connectivity index (χ3n) is 8.24. The van der Waals surface area contributed by atoms with Crippen molar-refractivity contribution in [3.63, 3.8) is 0 Å². The molecule has 1 saturated heterocycles. The average Bonchev–Trinajstić information content (AvgIpc) is 3.03. The predicted molar refractivity (Wildman–Crippen MR) is 170 cm³/mol. The van der Waals surface area contributed by atoms with Crippen molar-refractivity contribution < 1.29 is 14.3 Å². The molecule has 2 heterocycles. The van der Waals surface area contributed by atoms with Gasteiger partial charge in [0.05, 0.1) is 19.6 Å². The molecule has 1 fully saturated rings. The van der Waals surface area contributed by atoms with Crippen LogP contribution in [0, 0.1) is 0 Å². The molecule has 3 aromatic rings. The first-order valence-electron chi connectivity index (χ1n) is 16.0. The lowest BCUT2D eigenvalue weighted by Gasteiger charge is -2.26. The minimum Gasteiger partial charge on any atom is -0.493 e. The summed E-state index contributed by atoms with van der Waals surface area (Å²) in [4.78, 5) is 30.5. The Kier molecular flexibility index (Phi) is 11.6. The first kappa shape index (κ1) is 30.8. The summed E-state index contributed by atoms with van der Waals surface area (Å²) in [5.41, 5.74) is 5.51. The summed E-state index contributed by atoms with van der Waals surface area (Å²) >= 11 is 0. The number of hydrogen-bond donors (Lipinski definition) is 2. The first-order valence-corrected chi connectivity index (χ1v) is 16.0. The molecule has 0 radical (unpaired) electrons. The summed E-state index contributed by atoms with van der Waals surface area (Å²) in [5.74, 6) is 0.855. The normalized spacial score (nSPS) is 17.3. The number of nitrogens with zero attached hydrogens (tertiary/aromatic N) is 2. The zero-order chi connectivity index (χ0) is 29.7. The van der Waals surface area contributed by atoms with E-state index in [-0.39, 0.29) is 11.8 Å². The van der Waals surface area contributed by atoms with Gasteiger partial charge in [0.1, 0.15) is 5.75 Å². The Labute approximate surface area is 256 Å². The maximum atomic E-state index is 13.0. The maximum Gasteiger partial charge on any atom is 0.234 e. The van der Waals surface area contributed by atoms with Crippen LogP contribution < -0.4 is 15.4 Å². The predicted octanol–water partition coefficient (Wildman–Crippen LogP) is 5.21. The van der Waals surface area contributed by atoms with E-state index in [4.69, 9.17) is 4.74 Å². The average molecular weight is 583 g/mol. The number of piperidine rings is 1. The number of carbonyl (C=O) groups is 2. The number of amides is 2. The topological polar surface area (TPSA) is 73.9 Å². The zero-order valence-corrected chi connectivity index (χ0v) is 25.4. The summed E-state index contributed by atoms with van der Waals surface area (Å²) in [6, 6.07) is 24.8. The number of benzene rings is 3. The monoisotopic (exact) mass is 582 g/mol. The number of rotatable bonds is 8. The molecule has 0 saturated carbocycles. The molecule has 0 bridgehead atoms. The SMILES string of the molecule is O=C(Cc1ccc2c(c1)CN(Cc1ccccc1)CC(=O)NCCCCCO2)NCc1cccc(CN2CCCCC2)c1. The van der Waals surface area contributed by atoms with Crippen LogP contribution in [0.15, 0.2) is 72.8 Å². The van der Waals surface area contributed by atoms with Gasteiger partial charge in [0.2, 0.25) is 11.8 Å². The minimum atomic E-state index is -0.00698. The van der Waals surface area contributed by atoms with Crippen molar-refractivity contribution in [1.29, 1.82) is 0 Å². The van der Waals surface area contributed by atoms with E-state index in [2.05, 4.69) is 62.9 Å². The van der Waals surface area contributed by atoms with Gasteiger partial charge < -0.3 is 15.4 Å². The Hall–Kier alpha value is -3.68. The van der Waals surface area contributed by atoms with E-state index in [1.807, 2.05) is 30.3 Å². The molecule has 2 aliphatic heterocycles. The van der Waals surface area contributed by atoms with E-state index >= 15 is 0 Å². The third-order valence-corrected chi connectivity index (χ3v) is 8.24. The van der Waals surface area contributed by atoms with Crippen LogP contribution in [0.1, 0.15) is 66.3 Å². The van der Waals surface area contributed by atoms with Gasteiger partial charge in [0, 0.05) is 38.3 Å². The van der Waals surface area contributed by atoms with Gasteiger partial charge in [-0.15, -0.1) is 0 Å². The highest BCUT2D eigenvalue weighted by Gasteiger charge is 2.17. The van der Waals surface area contributed by atoms with Crippen LogP contribution in [0.25, 0.3) is 0 Å². The molecule has 0 aliphatic carbocycles. The molecule has 0 atom stereocenters. The number of ether oxygens (including phenoxy) is 1. The summed E-state index contributed by atoms with van der Waals surface area (Å²) in [7, 11) is 0. The van der Waals surface area contributed by atoms with Gasteiger partial charge in [-0.3, -0.25) is 19.4 Å². The van der Waals surface area contributed by atoms with E-state index in [1.165, 1.54) is 37.9 Å². The lowest BCUT2D eigenvalue weighted by Crippen LogP contribution is -2.37. The smallest absolute Gasteiger partial charge is 0.234 e. The number of likely N-dealkylation sites (tertiary alicyclic amines) is 1. The Bertz CT molecular complexity index is 1320. The van der Waals surface area contributed by atoms with E-state index in [9.17, 15) is 9.59 Å². The molecule has 0 unspecified atom stereocenters. The lowest BCUT2D eigenvalue weighted by molar-refractivity contribution is -0.122. The van der Waals surface area contributed by atoms with Crippen LogP contribution in [-0.4, -0.2) is 54.4 Å². The Morgan fingerprint density at radius 1 is 0.744 bits per heavy atom. The number of hydrogen-bond acceptors (Lipinski definition) is 5. The van der Waals surface area contributed by atoms with E-state index in [0.29, 0.717) is 45.8 Å². The van der Waals surface area contributed by atoms with Gasteiger partial charge >= 0.3 is 0 Å². The molecular formula is C36H46N4O3. The van der Waals surface area contributed by atoms with Crippen LogP contribution in [-0.2, 0) is 42.2 Å². The fourth-order valence-electron chi connectivity index (χ4n) is 5.99. The molecule has 7 nitrogen and oxygen atoms in total. The van der Waals surface area contributed by atoms with Crippen LogP contribution in [0.3, 0.4) is 0 Å². The van der Waals surface area contributed by atoms with Crippen LogP contribution in [0.4, 0.5) is 0 Å². The Morgan fingerprint density at radius 2 is 1.51 bits per heavy atom. The van der Waals surface area contributed by atoms with Crippen molar-refractivity contribution in [3.05, 3.63) is 101 Å². The van der Waals surface area contributed by atoms with Crippen molar-refractivity contribution in [2.45, 2.75) is 71.1 Å². The van der Waals surface area contributed by atoms with Crippen molar-refractivity contribution in [2.75, 3.05) is 32.8 Å². The summed E-state index contributed by atoms with van der Waals surface area (Å²) < 4.78 is 6.22. The first-order chi connectivity index (χ1) is 21.1. The minimum absolute atomic E-state index is 0.00698. The van der Waals surface area contributed by atoms with Crippen LogP contribution in [0.5, 0.6) is 5.75 Å². The molecule has 2 N–H and O–H groups in total. The Balaban J connectivity index is 1.24. The lowest BCUT2D eigenvalue weighted by atomic mass is 10.0. The van der Waals surface area contributed by atoms with Crippen LogP contribution >= 0.6 is 0 Å². The molecule has 2 aliphatic rings. The second kappa shape index (κ2) is 16.2. The van der Waals surface area contributed by atoms with E-state index in [1.54, 1.807) is 0 Å². The summed E-state index contributed by atoms with van der Waals surface area (Å²) in [5, 5.41) is 6.19. The van der Waals surface area contributed by atoms with Crippen molar-refractivity contribution in [3.8, 4) is 5.75 Å². The number of carbonyl (C=O) groups excluding carboxylic acids is 2. The zero-order valence-electron chi connectivity index (χ0n) is 25.4. The largest absolute Gasteiger partial charge is 0.493 e. The van der Waals surface area contributed by atoms with Crippen molar-refractivity contribution >= 4 is 11.8 Å². The highest BCUT2D eigenvalue weighted by Crippen LogP contribution is 2.24. The molecule has 0 spiro atoms. The fourth-order valence-corrected chi connectivity index (χ4v) is 5.99. The highest BCUT2D eigenvalue weighted by atomic mass is 16.5. The van der Waals surface area contributed by atoms with Gasteiger partial charge in [0.25, 0.3) is 0 Å². The Morgan fingerprint density at radius 3 is 2.37 bits per heavy atom. The molecule has 0 aromatic heterocycles. The second-order valence-corrected chi connectivity index (χ2v) is 11.9. The van der Waals surface area contributed by atoms with Crippen molar-refractivity contribution in [2.24, 2.45) is 0 Å². The van der Waals surface area contributed by atoms with Gasteiger partial charge in [-0.25, -0.2) is 0 Å². The van der Waals surface area contributed by atoms with Crippen molar-refractivity contribution in [1.82, 2.24) is 20.4 Å². The molecule has 43 heavy (non-hydrogen) atoms. The van der Waals surface area contributed by atoms with Gasteiger partial charge in [-0.2, -0.15) is 0 Å². The molecule has 7 heteroatoms. The molecule has 2 amide bonds. The maximum absolute atomic E-state index is 13.0. The van der Waals surface area contributed by atoms with Gasteiger partial charge in [-0.05, 0) is 73.5 Å². The highest BCUT2D eigenvalue weighted by molar-refractivity contribution is 5.79.